The lowest BCUT2D eigenvalue weighted by atomic mass is 9.93. The average Bonchev–Trinajstić information content (AvgIpc) is 3.11. The van der Waals surface area contributed by atoms with Gasteiger partial charge < -0.3 is 21.5 Å². The minimum absolute atomic E-state index is 0. The number of nitrogens with two attached hydrogens (primary N) is 1. The van der Waals surface area contributed by atoms with Gasteiger partial charge in [-0.3, -0.25) is 4.99 Å². The number of hydrogen-bond donors (Lipinski definition) is 4. The van der Waals surface area contributed by atoms with Crippen molar-refractivity contribution in [3.05, 3.63) is 41.6 Å². The molecule has 0 bridgehead atoms. The van der Waals surface area contributed by atoms with Gasteiger partial charge in [0.25, 0.3) is 0 Å². The molecule has 0 saturated carbocycles. The monoisotopic (exact) mass is 567 g/mol. The maximum absolute atomic E-state index is 10.8. The van der Waals surface area contributed by atoms with Crippen LogP contribution in [0.3, 0.4) is 0 Å². The summed E-state index contributed by atoms with van der Waals surface area (Å²) >= 11 is 0. The molecule has 0 radical (unpaired) electrons. The van der Waals surface area contributed by atoms with E-state index in [1.54, 1.807) is 4.68 Å². The Morgan fingerprint density at radius 3 is 2.42 bits per heavy atom. The molecule has 33 heavy (non-hydrogen) atoms. The van der Waals surface area contributed by atoms with Crippen LogP contribution >= 0.6 is 24.0 Å². The average molecular weight is 568 g/mol. The zero-order valence-electron chi connectivity index (χ0n) is 20.0. The molecule has 1 heterocycles. The highest BCUT2D eigenvalue weighted by molar-refractivity contribution is 14.0. The molecule has 0 atom stereocenters. The van der Waals surface area contributed by atoms with Gasteiger partial charge in [0.1, 0.15) is 17.5 Å². The van der Waals surface area contributed by atoms with Gasteiger partial charge in [0.05, 0.1) is 23.5 Å². The number of aromatic nitrogens is 2. The van der Waals surface area contributed by atoms with Crippen LogP contribution in [0.25, 0.3) is 5.69 Å². The second-order valence-electron chi connectivity index (χ2n) is 8.02. The quantitative estimate of drug-likeness (QED) is 0.134. The number of halogens is 1. The molecular formula is C24H38IN7O. The lowest BCUT2D eigenvalue weighted by Gasteiger charge is -2.26. The normalized spacial score (nSPS) is 11.5. The van der Waals surface area contributed by atoms with Gasteiger partial charge in [-0.25, -0.2) is 4.68 Å². The van der Waals surface area contributed by atoms with E-state index < -0.39 is 5.60 Å². The molecule has 2 aromatic rings. The summed E-state index contributed by atoms with van der Waals surface area (Å²) in [7, 11) is 0. The smallest absolute Gasteiger partial charge is 0.191 e. The Balaban J connectivity index is 0.00000544. The number of benzene rings is 1. The molecule has 9 heteroatoms. The summed E-state index contributed by atoms with van der Waals surface area (Å²) in [5, 5.41) is 31.5. The first-order valence-corrected chi connectivity index (χ1v) is 11.5. The molecule has 0 fully saturated rings. The number of aliphatic hydroxyl groups is 1. The van der Waals surface area contributed by atoms with E-state index in [1.807, 2.05) is 37.3 Å². The van der Waals surface area contributed by atoms with Crippen LogP contribution in [0.1, 0.15) is 64.1 Å². The van der Waals surface area contributed by atoms with Crippen molar-refractivity contribution in [1.82, 2.24) is 20.4 Å². The molecule has 182 valence electrons. The van der Waals surface area contributed by atoms with E-state index in [-0.39, 0.29) is 24.0 Å². The molecule has 8 nitrogen and oxygen atoms in total. The van der Waals surface area contributed by atoms with Crippen molar-refractivity contribution in [3.8, 4) is 11.8 Å². The minimum Gasteiger partial charge on any atom is -0.388 e. The molecule has 2 rings (SSSR count). The van der Waals surface area contributed by atoms with Crippen molar-refractivity contribution >= 4 is 35.8 Å². The lowest BCUT2D eigenvalue weighted by Crippen LogP contribution is -2.40. The van der Waals surface area contributed by atoms with Gasteiger partial charge >= 0.3 is 0 Å². The first-order valence-electron chi connectivity index (χ1n) is 11.5. The fourth-order valence-electron chi connectivity index (χ4n) is 3.79. The van der Waals surface area contributed by atoms with Gasteiger partial charge in [0, 0.05) is 13.1 Å². The Hall–Kier alpha value is -2.32. The van der Waals surface area contributed by atoms with Crippen LogP contribution < -0.4 is 16.4 Å². The van der Waals surface area contributed by atoms with E-state index in [9.17, 15) is 10.4 Å². The third-order valence-corrected chi connectivity index (χ3v) is 5.30. The Labute approximate surface area is 214 Å². The molecular weight excluding hydrogens is 529 g/mol. The van der Waals surface area contributed by atoms with Crippen LogP contribution in [-0.2, 0) is 6.42 Å². The molecule has 0 aliphatic carbocycles. The summed E-state index contributed by atoms with van der Waals surface area (Å²) in [4.78, 5) is 4.61. The van der Waals surface area contributed by atoms with E-state index in [0.717, 1.165) is 44.3 Å². The lowest BCUT2D eigenvalue weighted by molar-refractivity contribution is 0.0306. The van der Waals surface area contributed by atoms with E-state index in [2.05, 4.69) is 40.6 Å². The van der Waals surface area contributed by atoms with Gasteiger partial charge in [-0.1, -0.05) is 44.9 Å². The first kappa shape index (κ1) is 28.7. The number of aliphatic imine (C=N–C) groups is 1. The number of rotatable bonds is 12. The van der Waals surface area contributed by atoms with Crippen molar-refractivity contribution in [2.24, 2.45) is 4.99 Å². The van der Waals surface area contributed by atoms with Crippen LogP contribution in [0.4, 0.5) is 5.82 Å². The maximum Gasteiger partial charge on any atom is 0.191 e. The van der Waals surface area contributed by atoms with Crippen molar-refractivity contribution < 1.29 is 5.11 Å². The van der Waals surface area contributed by atoms with E-state index in [0.29, 0.717) is 42.5 Å². The number of guanidine groups is 1. The van der Waals surface area contributed by atoms with Gasteiger partial charge in [-0.2, -0.15) is 10.4 Å². The maximum atomic E-state index is 10.8. The SMILES string of the molecule is CCCC(O)(CCC)CN=C(NCC)NCCCc1nn(-c2ccccc2)c(N)c1C#N.I. The summed E-state index contributed by atoms with van der Waals surface area (Å²) in [6.07, 6.45) is 4.72. The topological polar surface area (TPSA) is 124 Å². The number of para-hydroxylation sites is 1. The number of nitrogens with one attached hydrogen (secondary N) is 2. The largest absolute Gasteiger partial charge is 0.388 e. The van der Waals surface area contributed by atoms with E-state index in [4.69, 9.17) is 5.73 Å². The summed E-state index contributed by atoms with van der Waals surface area (Å²) in [5.41, 5.74) is 7.38. The number of nitrogen functional groups attached to an aromatic ring is 1. The Bertz CT molecular complexity index is 900. The van der Waals surface area contributed by atoms with Crippen LogP contribution in [0.15, 0.2) is 35.3 Å². The molecule has 0 aliphatic heterocycles. The standard InChI is InChI=1S/C24H37N7O.HI/c1-4-14-24(32,15-5-2)18-29-23(27-6-3)28-16-10-13-21-20(17-25)22(26)31(30-21)19-11-8-7-9-12-19;/h7-9,11-12,32H,4-6,10,13-16,18,26H2,1-3H3,(H2,27,28,29);1H. The Morgan fingerprint density at radius 1 is 1.18 bits per heavy atom. The fourth-order valence-corrected chi connectivity index (χ4v) is 3.79. The fraction of sp³-hybridized carbons (Fsp3) is 0.542. The van der Waals surface area contributed by atoms with E-state index in [1.165, 1.54) is 0 Å². The second-order valence-corrected chi connectivity index (χ2v) is 8.02. The van der Waals surface area contributed by atoms with Crippen molar-refractivity contribution in [3.63, 3.8) is 0 Å². The van der Waals surface area contributed by atoms with Crippen molar-refractivity contribution in [2.75, 3.05) is 25.4 Å². The number of nitriles is 1. The summed E-state index contributed by atoms with van der Waals surface area (Å²) < 4.78 is 1.62. The predicted molar refractivity (Wildman–Crippen MR) is 145 cm³/mol. The molecule has 0 saturated heterocycles. The van der Waals surface area contributed by atoms with Crippen LogP contribution in [-0.4, -0.2) is 46.1 Å². The molecule has 0 unspecified atom stereocenters. The Morgan fingerprint density at radius 2 is 1.85 bits per heavy atom. The summed E-state index contributed by atoms with van der Waals surface area (Å²) in [6, 6.07) is 11.8. The highest BCUT2D eigenvalue weighted by Crippen LogP contribution is 2.21. The third kappa shape index (κ3) is 8.51. The highest BCUT2D eigenvalue weighted by Gasteiger charge is 2.24. The van der Waals surface area contributed by atoms with Crippen LogP contribution in [0, 0.1) is 11.3 Å². The zero-order chi connectivity index (χ0) is 23.4. The summed E-state index contributed by atoms with van der Waals surface area (Å²) in [6.45, 7) is 7.95. The Kier molecular flexibility index (Phi) is 12.8. The predicted octanol–water partition coefficient (Wildman–Crippen LogP) is 3.76. The van der Waals surface area contributed by atoms with Crippen molar-refractivity contribution in [1.29, 1.82) is 5.26 Å². The summed E-state index contributed by atoms with van der Waals surface area (Å²) in [5.74, 6) is 1.05. The first-order chi connectivity index (χ1) is 15.5. The number of hydrogen-bond acceptors (Lipinski definition) is 5. The zero-order valence-corrected chi connectivity index (χ0v) is 22.3. The number of anilines is 1. The molecule has 0 amide bonds. The van der Waals surface area contributed by atoms with Gasteiger partial charge in [-0.15, -0.1) is 24.0 Å². The molecule has 0 spiro atoms. The number of aryl methyl sites for hydroxylation is 1. The third-order valence-electron chi connectivity index (χ3n) is 5.30. The molecule has 0 aliphatic rings. The van der Waals surface area contributed by atoms with Gasteiger partial charge in [-0.05, 0) is 44.7 Å². The molecule has 5 N–H and O–H groups in total. The van der Waals surface area contributed by atoms with Gasteiger partial charge in [0.2, 0.25) is 0 Å². The van der Waals surface area contributed by atoms with E-state index >= 15 is 0 Å². The van der Waals surface area contributed by atoms with Crippen LogP contribution in [0.5, 0.6) is 0 Å². The number of nitrogens with zero attached hydrogens (tertiary/aromatic N) is 4. The minimum atomic E-state index is -0.755. The highest BCUT2D eigenvalue weighted by atomic mass is 127. The second kappa shape index (κ2) is 14.8. The molecule has 1 aromatic carbocycles. The van der Waals surface area contributed by atoms with Crippen molar-refractivity contribution in [2.45, 2.75) is 64.9 Å². The van der Waals surface area contributed by atoms with Crippen LogP contribution in [0.2, 0.25) is 0 Å². The van der Waals surface area contributed by atoms with Gasteiger partial charge in [0.15, 0.2) is 5.96 Å². The molecule has 1 aromatic heterocycles.